The van der Waals surface area contributed by atoms with E-state index in [4.69, 9.17) is 4.84 Å². The van der Waals surface area contributed by atoms with Crippen LogP contribution in [0.25, 0.3) is 0 Å². The lowest BCUT2D eigenvalue weighted by molar-refractivity contribution is -0.139. The predicted molar refractivity (Wildman–Crippen MR) is 67.3 cm³/mol. The first kappa shape index (κ1) is 12.0. The second-order valence-electron chi connectivity index (χ2n) is 5.52. The van der Waals surface area contributed by atoms with Crippen molar-refractivity contribution in [2.75, 3.05) is 26.7 Å². The molecule has 18 heavy (non-hydrogen) atoms. The number of hydrogen-bond acceptors (Lipinski definition) is 4. The van der Waals surface area contributed by atoms with Gasteiger partial charge in [0.05, 0.1) is 0 Å². The summed E-state index contributed by atoms with van der Waals surface area (Å²) >= 11 is 0. The molecular weight excluding hydrogens is 230 g/mol. The molecule has 2 unspecified atom stereocenters. The summed E-state index contributed by atoms with van der Waals surface area (Å²) < 4.78 is 0. The van der Waals surface area contributed by atoms with E-state index in [1.807, 2.05) is 4.90 Å². The van der Waals surface area contributed by atoms with Crippen molar-refractivity contribution in [2.45, 2.75) is 31.9 Å². The summed E-state index contributed by atoms with van der Waals surface area (Å²) in [6.45, 7) is 3.07. The fourth-order valence-corrected chi connectivity index (χ4v) is 3.08. The molecule has 2 atom stereocenters. The van der Waals surface area contributed by atoms with Crippen LogP contribution in [0.15, 0.2) is 11.8 Å². The van der Waals surface area contributed by atoms with Gasteiger partial charge in [-0.2, -0.15) is 0 Å². The number of hydroxylamine groups is 1. The Bertz CT molecular complexity index is 369. The van der Waals surface area contributed by atoms with Gasteiger partial charge in [-0.3, -0.25) is 10.3 Å². The number of likely N-dealkylation sites (tertiary alicyclic amines) is 2. The van der Waals surface area contributed by atoms with Crippen molar-refractivity contribution < 1.29 is 9.63 Å². The lowest BCUT2D eigenvalue weighted by Gasteiger charge is -2.29. The molecule has 0 bridgehead atoms. The van der Waals surface area contributed by atoms with Gasteiger partial charge in [0.1, 0.15) is 0 Å². The number of nitrogens with zero attached hydrogens (tertiary/aromatic N) is 2. The van der Waals surface area contributed by atoms with E-state index in [1.54, 1.807) is 0 Å². The minimum absolute atomic E-state index is 0.192. The second kappa shape index (κ2) is 4.90. The van der Waals surface area contributed by atoms with E-state index in [9.17, 15) is 4.79 Å². The Morgan fingerprint density at radius 1 is 1.39 bits per heavy atom. The van der Waals surface area contributed by atoms with Crippen LogP contribution >= 0.6 is 0 Å². The van der Waals surface area contributed by atoms with Gasteiger partial charge in [-0.1, -0.05) is 0 Å². The molecule has 3 aliphatic rings. The highest BCUT2D eigenvalue weighted by Gasteiger charge is 2.33. The van der Waals surface area contributed by atoms with Gasteiger partial charge >= 0.3 is 0 Å². The third kappa shape index (κ3) is 2.24. The average Bonchev–Trinajstić information content (AvgIpc) is 2.97. The van der Waals surface area contributed by atoms with E-state index in [0.29, 0.717) is 12.3 Å². The van der Waals surface area contributed by atoms with E-state index in [-0.39, 0.29) is 12.1 Å². The smallest absolute Gasteiger partial charge is 0.224 e. The molecule has 5 heteroatoms. The standard InChI is InChI=1S/C13H21N3O2/c1-15-6-2-4-10(9-15)11-8-13(18-14-11)16-7-3-5-12(16)17/h8,10,13-14H,2-7,9H2,1H3. The van der Waals surface area contributed by atoms with Crippen LogP contribution in [0, 0.1) is 5.92 Å². The van der Waals surface area contributed by atoms with Gasteiger partial charge in [-0.25, -0.2) is 4.84 Å². The maximum Gasteiger partial charge on any atom is 0.224 e. The molecule has 0 spiro atoms. The fraction of sp³-hybridized carbons (Fsp3) is 0.769. The molecule has 0 aromatic heterocycles. The summed E-state index contributed by atoms with van der Waals surface area (Å²) in [6.07, 6.45) is 5.94. The number of amides is 1. The monoisotopic (exact) mass is 251 g/mol. The normalized spacial score (nSPS) is 33.7. The Kier molecular flexibility index (Phi) is 3.26. The summed E-state index contributed by atoms with van der Waals surface area (Å²) in [5.74, 6) is 0.728. The summed E-state index contributed by atoms with van der Waals surface area (Å²) in [5, 5.41) is 0. The van der Waals surface area contributed by atoms with Crippen molar-refractivity contribution in [1.29, 1.82) is 0 Å². The molecule has 0 radical (unpaired) electrons. The zero-order chi connectivity index (χ0) is 12.5. The van der Waals surface area contributed by atoms with Crippen molar-refractivity contribution >= 4 is 5.91 Å². The van der Waals surface area contributed by atoms with Gasteiger partial charge in [0.2, 0.25) is 5.91 Å². The van der Waals surface area contributed by atoms with Crippen molar-refractivity contribution in [3.05, 3.63) is 11.8 Å². The Morgan fingerprint density at radius 2 is 2.28 bits per heavy atom. The first-order valence-electron chi connectivity index (χ1n) is 6.85. The maximum atomic E-state index is 11.7. The summed E-state index contributed by atoms with van der Waals surface area (Å²) in [7, 11) is 2.16. The Balaban J connectivity index is 1.65. The van der Waals surface area contributed by atoms with Crippen LogP contribution in [-0.4, -0.2) is 48.6 Å². The molecule has 5 nitrogen and oxygen atoms in total. The molecule has 2 fully saturated rings. The van der Waals surface area contributed by atoms with E-state index in [1.165, 1.54) is 19.4 Å². The highest BCUT2D eigenvalue weighted by molar-refractivity contribution is 5.78. The molecule has 0 aliphatic carbocycles. The fourth-order valence-electron chi connectivity index (χ4n) is 3.08. The zero-order valence-corrected chi connectivity index (χ0v) is 10.9. The quantitative estimate of drug-likeness (QED) is 0.784. The molecule has 2 saturated heterocycles. The van der Waals surface area contributed by atoms with Gasteiger partial charge in [0, 0.05) is 31.1 Å². The van der Waals surface area contributed by atoms with Crippen LogP contribution in [0.5, 0.6) is 0 Å². The van der Waals surface area contributed by atoms with Gasteiger partial charge in [0.25, 0.3) is 0 Å². The van der Waals surface area contributed by atoms with Crippen LogP contribution in [0.2, 0.25) is 0 Å². The molecule has 1 N–H and O–H groups in total. The second-order valence-corrected chi connectivity index (χ2v) is 5.52. The van der Waals surface area contributed by atoms with Crippen molar-refractivity contribution in [1.82, 2.24) is 15.3 Å². The maximum absolute atomic E-state index is 11.7. The van der Waals surface area contributed by atoms with Crippen molar-refractivity contribution in [3.8, 4) is 0 Å². The molecule has 3 rings (SSSR count). The molecule has 0 aromatic carbocycles. The number of hydrogen-bond donors (Lipinski definition) is 1. The molecule has 100 valence electrons. The number of nitrogens with one attached hydrogen (secondary N) is 1. The minimum atomic E-state index is -0.192. The lowest BCUT2D eigenvalue weighted by Crippen LogP contribution is -2.36. The van der Waals surface area contributed by atoms with Crippen LogP contribution in [0.4, 0.5) is 0 Å². The van der Waals surface area contributed by atoms with E-state index >= 15 is 0 Å². The van der Waals surface area contributed by atoms with Gasteiger partial charge in [-0.15, -0.1) is 0 Å². The summed E-state index contributed by atoms with van der Waals surface area (Å²) in [5.41, 5.74) is 4.19. The molecule has 3 heterocycles. The number of rotatable bonds is 2. The molecule has 0 saturated carbocycles. The Hall–Kier alpha value is -1.07. The third-order valence-electron chi connectivity index (χ3n) is 4.10. The lowest BCUT2D eigenvalue weighted by atomic mass is 9.95. The SMILES string of the molecule is CN1CCCC(C2=CC(N3CCCC3=O)ON2)C1. The molecule has 1 amide bonds. The van der Waals surface area contributed by atoms with Gasteiger partial charge < -0.3 is 9.80 Å². The summed E-state index contributed by atoms with van der Waals surface area (Å²) in [4.78, 5) is 21.4. The average molecular weight is 251 g/mol. The van der Waals surface area contributed by atoms with Crippen molar-refractivity contribution in [3.63, 3.8) is 0 Å². The van der Waals surface area contributed by atoms with Crippen LogP contribution in [0.1, 0.15) is 25.7 Å². The van der Waals surface area contributed by atoms with Crippen LogP contribution < -0.4 is 5.48 Å². The first-order valence-corrected chi connectivity index (χ1v) is 6.85. The van der Waals surface area contributed by atoms with Crippen molar-refractivity contribution in [2.24, 2.45) is 5.92 Å². The summed E-state index contributed by atoms with van der Waals surface area (Å²) in [6, 6.07) is 0. The van der Waals surface area contributed by atoms with E-state index in [2.05, 4.69) is 23.5 Å². The van der Waals surface area contributed by atoms with Gasteiger partial charge in [0.15, 0.2) is 6.23 Å². The predicted octanol–water partition coefficient (Wildman–Crippen LogP) is 0.695. The van der Waals surface area contributed by atoms with Crippen LogP contribution in [0.3, 0.4) is 0 Å². The molecular formula is C13H21N3O2. The highest BCUT2D eigenvalue weighted by atomic mass is 16.7. The molecule has 0 aromatic rings. The Morgan fingerprint density at radius 3 is 3.00 bits per heavy atom. The zero-order valence-electron chi connectivity index (χ0n) is 10.9. The van der Waals surface area contributed by atoms with Crippen LogP contribution in [-0.2, 0) is 9.63 Å². The van der Waals surface area contributed by atoms with E-state index in [0.717, 1.165) is 25.2 Å². The van der Waals surface area contributed by atoms with E-state index < -0.39 is 0 Å². The Labute approximate surface area is 108 Å². The molecule has 3 aliphatic heterocycles. The number of carbonyl (C=O) groups is 1. The third-order valence-corrected chi connectivity index (χ3v) is 4.10. The number of carbonyl (C=O) groups excluding carboxylic acids is 1. The highest BCUT2D eigenvalue weighted by Crippen LogP contribution is 2.27. The first-order chi connectivity index (χ1) is 8.74. The topological polar surface area (TPSA) is 44.8 Å². The minimum Gasteiger partial charge on any atom is -0.311 e. The van der Waals surface area contributed by atoms with Gasteiger partial charge in [-0.05, 0) is 38.9 Å². The largest absolute Gasteiger partial charge is 0.311 e. The number of piperidine rings is 1.